The van der Waals surface area contributed by atoms with Gasteiger partial charge in [-0.1, -0.05) is 42.5 Å². The van der Waals surface area contributed by atoms with Gasteiger partial charge < -0.3 is 10.1 Å². The van der Waals surface area contributed by atoms with Gasteiger partial charge in [0.25, 0.3) is 5.91 Å². The van der Waals surface area contributed by atoms with Gasteiger partial charge in [0, 0.05) is 5.69 Å². The van der Waals surface area contributed by atoms with Gasteiger partial charge in [-0.2, -0.15) is 0 Å². The Labute approximate surface area is 142 Å². The number of amides is 1. The first kappa shape index (κ1) is 17.7. The van der Waals surface area contributed by atoms with Crippen LogP contribution in [0.5, 0.6) is 0 Å². The van der Waals surface area contributed by atoms with Crippen LogP contribution in [0.15, 0.2) is 48.5 Å². The maximum atomic E-state index is 12.3. The maximum absolute atomic E-state index is 12.3. The molecule has 4 nitrogen and oxygen atoms in total. The second-order valence-corrected chi connectivity index (χ2v) is 6.43. The number of ether oxygens (including phenoxy) is 1. The van der Waals surface area contributed by atoms with E-state index in [0.717, 1.165) is 22.4 Å². The summed E-state index contributed by atoms with van der Waals surface area (Å²) >= 11 is 0. The Morgan fingerprint density at radius 2 is 1.71 bits per heavy atom. The molecule has 1 amide bonds. The second kappa shape index (κ2) is 7.30. The third-order valence-electron chi connectivity index (χ3n) is 4.01. The van der Waals surface area contributed by atoms with Crippen molar-refractivity contribution in [1.29, 1.82) is 0 Å². The highest BCUT2D eigenvalue weighted by Crippen LogP contribution is 2.24. The summed E-state index contributed by atoms with van der Waals surface area (Å²) in [7, 11) is 0. The number of aryl methyl sites for hydroxylation is 2. The minimum absolute atomic E-state index is 0.303. The Morgan fingerprint density at radius 1 is 1.04 bits per heavy atom. The molecule has 0 aromatic heterocycles. The molecule has 0 spiro atoms. The molecule has 2 aromatic rings. The van der Waals surface area contributed by atoms with Gasteiger partial charge >= 0.3 is 5.97 Å². The summed E-state index contributed by atoms with van der Waals surface area (Å²) in [6.45, 7) is 7.14. The molecule has 0 aliphatic rings. The van der Waals surface area contributed by atoms with Crippen LogP contribution in [0.4, 0.5) is 5.69 Å². The van der Waals surface area contributed by atoms with Crippen molar-refractivity contribution >= 4 is 17.6 Å². The maximum Gasteiger partial charge on any atom is 0.316 e. The minimum Gasteiger partial charge on any atom is -0.455 e. The van der Waals surface area contributed by atoms with E-state index >= 15 is 0 Å². The third-order valence-corrected chi connectivity index (χ3v) is 4.01. The zero-order valence-electron chi connectivity index (χ0n) is 14.6. The highest BCUT2D eigenvalue weighted by atomic mass is 16.5. The summed E-state index contributed by atoms with van der Waals surface area (Å²) in [4.78, 5) is 24.4. The summed E-state index contributed by atoms with van der Waals surface area (Å²) in [5.74, 6) is -0.772. The first-order valence-electron chi connectivity index (χ1n) is 7.90. The summed E-state index contributed by atoms with van der Waals surface area (Å²) < 4.78 is 5.21. The number of hydrogen-bond acceptors (Lipinski definition) is 3. The molecule has 2 aromatic carbocycles. The molecular formula is C20H23NO3. The van der Waals surface area contributed by atoms with E-state index in [1.54, 1.807) is 13.8 Å². The minimum atomic E-state index is -0.805. The Bertz CT molecular complexity index is 736. The van der Waals surface area contributed by atoms with Crippen LogP contribution in [-0.2, 0) is 19.7 Å². The Morgan fingerprint density at radius 3 is 2.38 bits per heavy atom. The monoisotopic (exact) mass is 325 g/mol. The van der Waals surface area contributed by atoms with Gasteiger partial charge in [0.1, 0.15) is 0 Å². The number of esters is 1. The number of carbonyl (C=O) groups excluding carboxylic acids is 2. The summed E-state index contributed by atoms with van der Waals surface area (Å²) in [5.41, 5.74) is 2.80. The lowest BCUT2D eigenvalue weighted by atomic mass is 9.85. The van der Waals surface area contributed by atoms with Crippen LogP contribution in [0.1, 0.15) is 30.5 Å². The molecule has 0 saturated heterocycles. The van der Waals surface area contributed by atoms with Crippen LogP contribution >= 0.6 is 0 Å². The van der Waals surface area contributed by atoms with Crippen molar-refractivity contribution in [2.75, 3.05) is 11.9 Å². The van der Waals surface area contributed by atoms with Crippen molar-refractivity contribution in [2.24, 2.45) is 0 Å². The van der Waals surface area contributed by atoms with Crippen molar-refractivity contribution in [3.05, 3.63) is 65.2 Å². The predicted octanol–water partition coefficient (Wildman–Crippen LogP) is 3.76. The highest BCUT2D eigenvalue weighted by molar-refractivity contribution is 5.94. The number of nitrogens with one attached hydrogen (secondary N) is 1. The Balaban J connectivity index is 1.96. The molecule has 0 radical (unpaired) electrons. The van der Waals surface area contributed by atoms with Crippen molar-refractivity contribution in [3.8, 4) is 0 Å². The van der Waals surface area contributed by atoms with Crippen LogP contribution in [-0.4, -0.2) is 18.5 Å². The van der Waals surface area contributed by atoms with Crippen molar-refractivity contribution < 1.29 is 14.3 Å². The third kappa shape index (κ3) is 4.22. The zero-order valence-corrected chi connectivity index (χ0v) is 14.6. The number of anilines is 1. The van der Waals surface area contributed by atoms with Crippen LogP contribution in [0.25, 0.3) is 0 Å². The van der Waals surface area contributed by atoms with E-state index in [0.29, 0.717) is 0 Å². The van der Waals surface area contributed by atoms with E-state index in [2.05, 4.69) is 5.32 Å². The van der Waals surface area contributed by atoms with E-state index in [9.17, 15) is 9.59 Å². The lowest BCUT2D eigenvalue weighted by molar-refractivity contribution is -0.152. The van der Waals surface area contributed by atoms with E-state index in [1.807, 2.05) is 62.4 Å². The smallest absolute Gasteiger partial charge is 0.316 e. The van der Waals surface area contributed by atoms with Gasteiger partial charge in [-0.05, 0) is 50.5 Å². The molecule has 0 aliphatic heterocycles. The van der Waals surface area contributed by atoms with Crippen LogP contribution in [0, 0.1) is 13.8 Å². The average molecular weight is 325 g/mol. The van der Waals surface area contributed by atoms with Gasteiger partial charge in [0.2, 0.25) is 0 Å². The van der Waals surface area contributed by atoms with Gasteiger partial charge in [0.05, 0.1) is 5.41 Å². The fourth-order valence-corrected chi connectivity index (χ4v) is 2.34. The van der Waals surface area contributed by atoms with Crippen molar-refractivity contribution in [3.63, 3.8) is 0 Å². The van der Waals surface area contributed by atoms with E-state index in [1.165, 1.54) is 0 Å². The van der Waals surface area contributed by atoms with Gasteiger partial charge in [-0.15, -0.1) is 0 Å². The van der Waals surface area contributed by atoms with Gasteiger partial charge in [0.15, 0.2) is 6.61 Å². The fraction of sp³-hybridized carbons (Fsp3) is 0.300. The van der Waals surface area contributed by atoms with Crippen LogP contribution in [0.3, 0.4) is 0 Å². The normalized spacial score (nSPS) is 11.0. The molecule has 0 unspecified atom stereocenters. The van der Waals surface area contributed by atoms with Crippen molar-refractivity contribution in [2.45, 2.75) is 33.1 Å². The molecule has 2 rings (SSSR count). The summed E-state index contributed by atoms with van der Waals surface area (Å²) in [6, 6.07) is 15.2. The number of carbonyl (C=O) groups is 2. The van der Waals surface area contributed by atoms with E-state index in [4.69, 9.17) is 4.74 Å². The molecule has 0 aliphatic carbocycles. The SMILES string of the molecule is Cc1ccc(C)c(NC(=O)COC(=O)C(C)(C)c2ccccc2)c1. The second-order valence-electron chi connectivity index (χ2n) is 6.43. The van der Waals surface area contributed by atoms with Gasteiger partial charge in [-0.25, -0.2) is 0 Å². The standard InChI is InChI=1S/C20H23NO3/c1-14-10-11-15(2)17(12-14)21-18(22)13-24-19(23)20(3,4)16-8-6-5-7-9-16/h5-12H,13H2,1-4H3,(H,21,22). The first-order chi connectivity index (χ1) is 11.3. The highest BCUT2D eigenvalue weighted by Gasteiger charge is 2.31. The van der Waals surface area contributed by atoms with Crippen molar-refractivity contribution in [1.82, 2.24) is 0 Å². The molecule has 0 fully saturated rings. The van der Waals surface area contributed by atoms with Crippen LogP contribution in [0.2, 0.25) is 0 Å². The van der Waals surface area contributed by atoms with E-state index < -0.39 is 11.4 Å². The number of benzene rings is 2. The molecular weight excluding hydrogens is 302 g/mol. The number of rotatable bonds is 5. The fourth-order valence-electron chi connectivity index (χ4n) is 2.34. The molecule has 0 bridgehead atoms. The number of hydrogen-bond donors (Lipinski definition) is 1. The average Bonchev–Trinajstić information content (AvgIpc) is 2.56. The largest absolute Gasteiger partial charge is 0.455 e. The molecule has 4 heteroatoms. The van der Waals surface area contributed by atoms with E-state index in [-0.39, 0.29) is 12.5 Å². The molecule has 1 N–H and O–H groups in total. The molecule has 0 heterocycles. The molecule has 0 atom stereocenters. The lowest BCUT2D eigenvalue weighted by Crippen LogP contribution is -2.33. The predicted molar refractivity (Wildman–Crippen MR) is 95.0 cm³/mol. The lowest BCUT2D eigenvalue weighted by Gasteiger charge is -2.23. The zero-order chi connectivity index (χ0) is 17.7. The molecule has 0 saturated carbocycles. The quantitative estimate of drug-likeness (QED) is 0.852. The Hall–Kier alpha value is -2.62. The summed E-state index contributed by atoms with van der Waals surface area (Å²) in [6.07, 6.45) is 0. The molecule has 126 valence electrons. The topological polar surface area (TPSA) is 55.4 Å². The Kier molecular flexibility index (Phi) is 5.39. The molecule has 24 heavy (non-hydrogen) atoms. The van der Waals surface area contributed by atoms with Gasteiger partial charge in [-0.3, -0.25) is 9.59 Å². The first-order valence-corrected chi connectivity index (χ1v) is 7.90. The summed E-state index contributed by atoms with van der Waals surface area (Å²) in [5, 5.41) is 2.78. The van der Waals surface area contributed by atoms with Crippen LogP contribution < -0.4 is 5.32 Å².